The van der Waals surface area contributed by atoms with E-state index in [1.807, 2.05) is 0 Å². The molecule has 0 saturated heterocycles. The van der Waals surface area contributed by atoms with Gasteiger partial charge in [0, 0.05) is 0 Å². The van der Waals surface area contributed by atoms with Crippen molar-refractivity contribution in [1.29, 1.82) is 0 Å². The van der Waals surface area contributed by atoms with E-state index in [9.17, 15) is 4.79 Å². The Morgan fingerprint density at radius 2 is 1.85 bits per heavy atom. The summed E-state index contributed by atoms with van der Waals surface area (Å²) in [5.74, 6) is -0.961. The highest BCUT2D eigenvalue weighted by Crippen LogP contribution is 2.25. The van der Waals surface area contributed by atoms with Crippen molar-refractivity contribution in [1.82, 2.24) is 0 Å². The van der Waals surface area contributed by atoms with Crippen LogP contribution >= 0.6 is 0 Å². The summed E-state index contributed by atoms with van der Waals surface area (Å²) in [6.45, 7) is -0.269. The monoisotopic (exact) mass is 180 g/mol. The maximum Gasteiger partial charge on any atom is 0.305 e. The summed E-state index contributed by atoms with van der Waals surface area (Å²) in [6.07, 6.45) is 1.09. The fourth-order valence-electron chi connectivity index (χ4n) is 0.932. The summed E-state index contributed by atoms with van der Waals surface area (Å²) in [5, 5.41) is 15.6. The van der Waals surface area contributed by atoms with E-state index in [0.29, 0.717) is 0 Å². The van der Waals surface area contributed by atoms with Crippen LogP contribution in [0.3, 0.4) is 0 Å². The van der Waals surface area contributed by atoms with E-state index in [4.69, 9.17) is 10.2 Å². The molecule has 0 atom stereocenters. The Morgan fingerprint density at radius 3 is 2.08 bits per heavy atom. The first-order valence-electron chi connectivity index (χ1n) is 4.13. The number of carbonyl (C=O) groups is 1. The summed E-state index contributed by atoms with van der Waals surface area (Å²) in [7, 11) is 0. The Balaban J connectivity index is 0.000000133. The standard InChI is InChI=1S/C7H6.C3H6O3/c1-2-4-7-5-6(7)3-1;4-2-1-3(5)6/h1-4H,5H2;4H,1-2H2,(H,5,6). The van der Waals surface area contributed by atoms with Crippen molar-refractivity contribution in [2.45, 2.75) is 12.8 Å². The summed E-state index contributed by atoms with van der Waals surface area (Å²) in [4.78, 5) is 9.44. The molecule has 70 valence electrons. The summed E-state index contributed by atoms with van der Waals surface area (Å²) in [5.41, 5.74) is 3.06. The van der Waals surface area contributed by atoms with Gasteiger partial charge >= 0.3 is 5.97 Å². The molecule has 2 rings (SSSR count). The van der Waals surface area contributed by atoms with Crippen LogP contribution in [0.2, 0.25) is 0 Å². The summed E-state index contributed by atoms with van der Waals surface area (Å²) < 4.78 is 0. The number of aliphatic carboxylic acids is 1. The maximum atomic E-state index is 9.44. The van der Waals surface area contributed by atoms with Crippen LogP contribution in [0.1, 0.15) is 17.5 Å². The van der Waals surface area contributed by atoms with Gasteiger partial charge in [-0.15, -0.1) is 0 Å². The number of hydrogen-bond acceptors (Lipinski definition) is 2. The van der Waals surface area contributed by atoms with E-state index >= 15 is 0 Å². The van der Waals surface area contributed by atoms with Crippen molar-refractivity contribution in [2.24, 2.45) is 0 Å². The molecule has 1 aromatic carbocycles. The van der Waals surface area contributed by atoms with Gasteiger partial charge in [0.25, 0.3) is 0 Å². The third kappa shape index (κ3) is 3.71. The molecular weight excluding hydrogens is 168 g/mol. The van der Waals surface area contributed by atoms with E-state index in [1.54, 1.807) is 0 Å². The highest BCUT2D eigenvalue weighted by molar-refractivity contribution is 5.66. The van der Waals surface area contributed by atoms with Crippen LogP contribution in [-0.4, -0.2) is 22.8 Å². The van der Waals surface area contributed by atoms with E-state index in [0.717, 1.165) is 0 Å². The van der Waals surface area contributed by atoms with Gasteiger partial charge in [0.2, 0.25) is 0 Å². The zero-order valence-corrected chi connectivity index (χ0v) is 7.23. The number of fused-ring (bicyclic) bond motifs is 1. The van der Waals surface area contributed by atoms with Gasteiger partial charge in [-0.25, -0.2) is 0 Å². The molecule has 3 nitrogen and oxygen atoms in total. The maximum absolute atomic E-state index is 9.44. The Morgan fingerprint density at radius 1 is 1.31 bits per heavy atom. The lowest BCUT2D eigenvalue weighted by Crippen LogP contribution is -1.96. The molecular formula is C10H12O3. The molecule has 2 N–H and O–H groups in total. The van der Waals surface area contributed by atoms with Crippen molar-refractivity contribution < 1.29 is 15.0 Å². The average Bonchev–Trinajstić information content (AvgIpc) is 2.82. The summed E-state index contributed by atoms with van der Waals surface area (Å²) in [6, 6.07) is 8.53. The number of benzene rings is 1. The molecule has 1 aliphatic rings. The molecule has 3 heteroatoms. The zero-order valence-electron chi connectivity index (χ0n) is 7.23. The van der Waals surface area contributed by atoms with Gasteiger partial charge in [-0.1, -0.05) is 24.3 Å². The molecule has 0 aliphatic heterocycles. The fraction of sp³-hybridized carbons (Fsp3) is 0.300. The molecule has 13 heavy (non-hydrogen) atoms. The van der Waals surface area contributed by atoms with Crippen molar-refractivity contribution in [3.05, 3.63) is 35.4 Å². The zero-order chi connectivity index (χ0) is 9.68. The van der Waals surface area contributed by atoms with E-state index < -0.39 is 5.97 Å². The van der Waals surface area contributed by atoms with Gasteiger partial charge in [0.1, 0.15) is 0 Å². The highest BCUT2D eigenvalue weighted by atomic mass is 16.4. The third-order valence-corrected chi connectivity index (χ3v) is 1.70. The van der Waals surface area contributed by atoms with Crippen molar-refractivity contribution >= 4 is 5.97 Å². The predicted octanol–water partition coefficient (Wildman–Crippen LogP) is 1.04. The first-order valence-corrected chi connectivity index (χ1v) is 4.13. The minimum absolute atomic E-state index is 0.153. The van der Waals surface area contributed by atoms with Gasteiger partial charge in [0.05, 0.1) is 13.0 Å². The Labute approximate surface area is 76.6 Å². The molecule has 0 fully saturated rings. The molecule has 0 spiro atoms. The Kier molecular flexibility index (Phi) is 3.46. The molecule has 1 aromatic rings. The Hall–Kier alpha value is -1.35. The molecule has 0 amide bonds. The molecule has 0 heterocycles. The van der Waals surface area contributed by atoms with Crippen LogP contribution in [0, 0.1) is 0 Å². The van der Waals surface area contributed by atoms with Crippen LogP contribution < -0.4 is 0 Å². The lowest BCUT2D eigenvalue weighted by molar-refractivity contribution is -0.137. The van der Waals surface area contributed by atoms with Gasteiger partial charge in [-0.3, -0.25) is 4.79 Å². The van der Waals surface area contributed by atoms with Crippen molar-refractivity contribution in [3.8, 4) is 0 Å². The molecule has 0 saturated carbocycles. The van der Waals surface area contributed by atoms with E-state index in [2.05, 4.69) is 24.3 Å². The number of carboxylic acid groups (broad SMARTS) is 1. The van der Waals surface area contributed by atoms with Gasteiger partial charge in [0.15, 0.2) is 0 Å². The van der Waals surface area contributed by atoms with E-state index in [-0.39, 0.29) is 13.0 Å². The van der Waals surface area contributed by atoms with Gasteiger partial charge in [-0.05, 0) is 17.5 Å². The molecule has 0 unspecified atom stereocenters. The van der Waals surface area contributed by atoms with Crippen LogP contribution in [0.15, 0.2) is 24.3 Å². The largest absolute Gasteiger partial charge is 0.481 e. The molecule has 0 bridgehead atoms. The smallest absolute Gasteiger partial charge is 0.305 e. The number of hydrogen-bond donors (Lipinski definition) is 2. The first-order chi connectivity index (χ1) is 6.24. The number of carboxylic acids is 1. The Bertz CT molecular complexity index is 273. The first kappa shape index (κ1) is 9.74. The van der Waals surface area contributed by atoms with Crippen molar-refractivity contribution in [3.63, 3.8) is 0 Å². The number of aliphatic hydroxyl groups excluding tert-OH is 1. The summed E-state index contributed by atoms with van der Waals surface area (Å²) >= 11 is 0. The van der Waals surface area contributed by atoms with Gasteiger partial charge in [-0.2, -0.15) is 0 Å². The number of aliphatic hydroxyl groups is 1. The molecule has 1 aliphatic carbocycles. The second-order valence-electron chi connectivity index (χ2n) is 2.81. The topological polar surface area (TPSA) is 57.5 Å². The second-order valence-corrected chi connectivity index (χ2v) is 2.81. The lowest BCUT2D eigenvalue weighted by Gasteiger charge is -1.79. The van der Waals surface area contributed by atoms with Crippen LogP contribution in [0.4, 0.5) is 0 Å². The molecule has 0 radical (unpaired) electrons. The minimum Gasteiger partial charge on any atom is -0.481 e. The van der Waals surface area contributed by atoms with E-state index in [1.165, 1.54) is 17.5 Å². The quantitative estimate of drug-likeness (QED) is 0.726. The van der Waals surface area contributed by atoms with Gasteiger partial charge < -0.3 is 10.2 Å². The minimum atomic E-state index is -0.961. The molecule has 0 aromatic heterocycles. The highest BCUT2D eigenvalue weighted by Gasteiger charge is 2.12. The van der Waals surface area contributed by atoms with Crippen LogP contribution in [0.5, 0.6) is 0 Å². The predicted molar refractivity (Wildman–Crippen MR) is 48.6 cm³/mol. The third-order valence-electron chi connectivity index (χ3n) is 1.70. The normalized spacial score (nSPS) is 10.8. The van der Waals surface area contributed by atoms with Crippen LogP contribution in [0.25, 0.3) is 0 Å². The van der Waals surface area contributed by atoms with Crippen LogP contribution in [-0.2, 0) is 11.2 Å². The number of rotatable bonds is 2. The average molecular weight is 180 g/mol. The van der Waals surface area contributed by atoms with Crippen molar-refractivity contribution in [2.75, 3.05) is 6.61 Å². The fourth-order valence-corrected chi connectivity index (χ4v) is 0.932. The lowest BCUT2D eigenvalue weighted by atomic mass is 10.4. The SMILES string of the molecule is O=C(O)CCO.c1ccc2c(c1)C2. The second kappa shape index (κ2) is 4.62.